The lowest BCUT2D eigenvalue weighted by Gasteiger charge is -2.20. The van der Waals surface area contributed by atoms with Gasteiger partial charge < -0.3 is 20.8 Å². The average molecular weight is 345 g/mol. The summed E-state index contributed by atoms with van der Waals surface area (Å²) >= 11 is 0. The van der Waals surface area contributed by atoms with Gasteiger partial charge in [-0.2, -0.15) is 0 Å². The predicted molar refractivity (Wildman–Crippen MR) is 90.0 cm³/mol. The molecular formula is C18H20FN3O3. The zero-order valence-corrected chi connectivity index (χ0v) is 13.5. The Bertz CT molecular complexity index is 739. The van der Waals surface area contributed by atoms with E-state index in [1.807, 2.05) is 0 Å². The number of amides is 1. The fourth-order valence-corrected chi connectivity index (χ4v) is 2.93. The van der Waals surface area contributed by atoms with Crippen LogP contribution in [0, 0.1) is 5.82 Å². The Hall–Kier alpha value is -2.35. The van der Waals surface area contributed by atoms with Crippen LogP contribution >= 0.6 is 0 Å². The summed E-state index contributed by atoms with van der Waals surface area (Å²) in [6, 6.07) is 7.52. The van der Waals surface area contributed by atoms with E-state index < -0.39 is 24.0 Å². The Morgan fingerprint density at radius 1 is 1.36 bits per heavy atom. The third-order valence-corrected chi connectivity index (χ3v) is 4.32. The van der Waals surface area contributed by atoms with E-state index in [-0.39, 0.29) is 12.5 Å². The maximum atomic E-state index is 13.8. The molecule has 4 N–H and O–H groups in total. The molecule has 3 atom stereocenters. The van der Waals surface area contributed by atoms with E-state index in [1.54, 1.807) is 30.3 Å². The second-order valence-electron chi connectivity index (χ2n) is 6.07. The van der Waals surface area contributed by atoms with Crippen LogP contribution in [0.15, 0.2) is 42.7 Å². The van der Waals surface area contributed by atoms with E-state index in [0.29, 0.717) is 29.7 Å². The summed E-state index contributed by atoms with van der Waals surface area (Å²) in [7, 11) is 0. The number of aliphatic hydroxyl groups is 2. The van der Waals surface area contributed by atoms with E-state index >= 15 is 0 Å². The van der Waals surface area contributed by atoms with Crippen molar-refractivity contribution in [1.29, 1.82) is 0 Å². The Kier molecular flexibility index (Phi) is 5.37. The number of hydrogen-bond donors (Lipinski definition) is 4. The maximum absolute atomic E-state index is 13.8. The SMILES string of the molecule is O=C(N[C@@H](CO)c1ccc(-c2ccncc2F)cc1)[C@@H]1C[C@@H](O)CN1. The number of aliphatic hydroxyl groups excluding tert-OH is 2. The first-order valence-corrected chi connectivity index (χ1v) is 8.11. The van der Waals surface area contributed by atoms with Crippen molar-refractivity contribution in [2.24, 2.45) is 0 Å². The van der Waals surface area contributed by atoms with E-state index in [4.69, 9.17) is 0 Å². The third-order valence-electron chi connectivity index (χ3n) is 4.32. The molecule has 1 aromatic heterocycles. The number of nitrogens with one attached hydrogen (secondary N) is 2. The van der Waals surface area contributed by atoms with Gasteiger partial charge in [0.15, 0.2) is 0 Å². The molecule has 1 saturated heterocycles. The van der Waals surface area contributed by atoms with Crippen molar-refractivity contribution in [2.45, 2.75) is 24.6 Å². The highest BCUT2D eigenvalue weighted by Gasteiger charge is 2.29. The largest absolute Gasteiger partial charge is 0.394 e. The van der Waals surface area contributed by atoms with E-state index in [0.717, 1.165) is 6.20 Å². The minimum Gasteiger partial charge on any atom is -0.394 e. The highest BCUT2D eigenvalue weighted by molar-refractivity contribution is 5.82. The summed E-state index contributed by atoms with van der Waals surface area (Å²) in [6.45, 7) is 0.123. The molecule has 6 nitrogen and oxygen atoms in total. The molecule has 1 aliphatic rings. The molecule has 1 amide bonds. The van der Waals surface area contributed by atoms with Crippen LogP contribution in [0.3, 0.4) is 0 Å². The number of benzene rings is 1. The number of β-amino-alcohol motifs (C(OH)–C–C–N with tert-alkyl or cyclic N) is 1. The lowest BCUT2D eigenvalue weighted by atomic mass is 10.0. The highest BCUT2D eigenvalue weighted by Crippen LogP contribution is 2.24. The van der Waals surface area contributed by atoms with Gasteiger partial charge in [-0.15, -0.1) is 0 Å². The Morgan fingerprint density at radius 2 is 2.12 bits per heavy atom. The number of rotatable bonds is 5. The van der Waals surface area contributed by atoms with E-state index in [2.05, 4.69) is 15.6 Å². The van der Waals surface area contributed by atoms with Crippen LogP contribution in [0.4, 0.5) is 4.39 Å². The number of nitrogens with zero attached hydrogens (tertiary/aromatic N) is 1. The number of hydrogen-bond acceptors (Lipinski definition) is 5. The minimum atomic E-state index is -0.566. The summed E-state index contributed by atoms with van der Waals surface area (Å²) in [5.41, 5.74) is 1.84. The van der Waals surface area contributed by atoms with Gasteiger partial charge in [0, 0.05) is 18.3 Å². The minimum absolute atomic E-state index is 0.260. The van der Waals surface area contributed by atoms with E-state index in [9.17, 15) is 19.4 Å². The fourth-order valence-electron chi connectivity index (χ4n) is 2.93. The van der Waals surface area contributed by atoms with Gasteiger partial charge in [0.05, 0.1) is 31.0 Å². The second-order valence-corrected chi connectivity index (χ2v) is 6.07. The Labute approximate surface area is 144 Å². The van der Waals surface area contributed by atoms with Crippen molar-refractivity contribution >= 4 is 5.91 Å². The van der Waals surface area contributed by atoms with Crippen molar-refractivity contribution in [3.8, 4) is 11.1 Å². The molecule has 0 bridgehead atoms. The first-order valence-electron chi connectivity index (χ1n) is 8.11. The zero-order valence-electron chi connectivity index (χ0n) is 13.5. The highest BCUT2D eigenvalue weighted by atomic mass is 19.1. The molecule has 132 valence electrons. The number of pyridine rings is 1. The summed E-state index contributed by atoms with van der Waals surface area (Å²) < 4.78 is 13.8. The third kappa shape index (κ3) is 4.01. The lowest BCUT2D eigenvalue weighted by molar-refractivity contribution is -0.124. The van der Waals surface area contributed by atoms with Crippen molar-refractivity contribution in [2.75, 3.05) is 13.2 Å². The van der Waals surface area contributed by atoms with Crippen molar-refractivity contribution in [1.82, 2.24) is 15.6 Å². The number of aromatic nitrogens is 1. The Balaban J connectivity index is 1.71. The zero-order chi connectivity index (χ0) is 17.8. The first kappa shape index (κ1) is 17.5. The predicted octanol–water partition coefficient (Wildman–Crippen LogP) is 0.760. The molecule has 0 spiro atoms. The summed E-state index contributed by atoms with van der Waals surface area (Å²) in [5.74, 6) is -0.673. The van der Waals surface area contributed by atoms with Crippen LogP contribution in [0.25, 0.3) is 11.1 Å². The quantitative estimate of drug-likeness (QED) is 0.642. The van der Waals surface area contributed by atoms with Crippen LogP contribution in [0.1, 0.15) is 18.0 Å². The van der Waals surface area contributed by atoms with Crippen LogP contribution < -0.4 is 10.6 Å². The molecule has 0 aliphatic carbocycles. The van der Waals surface area contributed by atoms with Crippen LogP contribution in [0.5, 0.6) is 0 Å². The van der Waals surface area contributed by atoms with E-state index in [1.165, 1.54) is 6.20 Å². The molecule has 0 unspecified atom stereocenters. The standard InChI is InChI=1S/C18H20FN3O3/c19-15-9-20-6-5-14(15)11-1-3-12(4-2-11)17(10-23)22-18(25)16-7-13(24)8-21-16/h1-6,9,13,16-17,21,23-24H,7-8,10H2,(H,22,25)/t13-,16+,17+/m1/s1. The van der Waals surface area contributed by atoms with Gasteiger partial charge in [-0.1, -0.05) is 24.3 Å². The molecular weight excluding hydrogens is 325 g/mol. The molecule has 0 radical (unpaired) electrons. The smallest absolute Gasteiger partial charge is 0.237 e. The molecule has 3 rings (SSSR count). The maximum Gasteiger partial charge on any atom is 0.237 e. The van der Waals surface area contributed by atoms with Crippen molar-refractivity contribution < 1.29 is 19.4 Å². The van der Waals surface area contributed by atoms with Gasteiger partial charge in [0.25, 0.3) is 0 Å². The summed E-state index contributed by atoms with van der Waals surface area (Å²) in [5, 5.41) is 24.8. The van der Waals surface area contributed by atoms with Crippen molar-refractivity contribution in [3.05, 3.63) is 54.1 Å². The molecule has 1 aliphatic heterocycles. The van der Waals surface area contributed by atoms with Crippen LogP contribution in [-0.4, -0.2) is 46.4 Å². The first-order chi connectivity index (χ1) is 12.1. The number of carbonyl (C=O) groups excluding carboxylic acids is 1. The molecule has 0 saturated carbocycles. The molecule has 2 aromatic rings. The topological polar surface area (TPSA) is 94.5 Å². The average Bonchev–Trinajstić information content (AvgIpc) is 3.07. The van der Waals surface area contributed by atoms with Crippen LogP contribution in [-0.2, 0) is 4.79 Å². The molecule has 25 heavy (non-hydrogen) atoms. The molecule has 1 fully saturated rings. The van der Waals surface area contributed by atoms with Gasteiger partial charge >= 0.3 is 0 Å². The van der Waals surface area contributed by atoms with Gasteiger partial charge in [-0.25, -0.2) is 4.39 Å². The van der Waals surface area contributed by atoms with Gasteiger partial charge in [0.2, 0.25) is 5.91 Å². The number of halogens is 1. The lowest BCUT2D eigenvalue weighted by Crippen LogP contribution is -2.42. The molecule has 1 aromatic carbocycles. The monoisotopic (exact) mass is 345 g/mol. The van der Waals surface area contributed by atoms with Crippen molar-refractivity contribution in [3.63, 3.8) is 0 Å². The second kappa shape index (κ2) is 7.69. The van der Waals surface area contributed by atoms with Gasteiger partial charge in [-0.3, -0.25) is 9.78 Å². The Morgan fingerprint density at radius 3 is 2.72 bits per heavy atom. The molecule has 2 heterocycles. The van der Waals surface area contributed by atoms with Crippen LogP contribution in [0.2, 0.25) is 0 Å². The summed E-state index contributed by atoms with van der Waals surface area (Å²) in [4.78, 5) is 15.9. The fraction of sp³-hybridized carbons (Fsp3) is 0.333. The molecule has 7 heteroatoms. The van der Waals surface area contributed by atoms with Gasteiger partial charge in [0.1, 0.15) is 5.82 Å². The summed E-state index contributed by atoms with van der Waals surface area (Å²) in [6.07, 6.45) is 2.50. The normalized spacial score (nSPS) is 21.1. The van der Waals surface area contributed by atoms with Gasteiger partial charge in [-0.05, 0) is 23.6 Å². The number of carbonyl (C=O) groups is 1.